The summed E-state index contributed by atoms with van der Waals surface area (Å²) in [5.41, 5.74) is 2.09. The van der Waals surface area contributed by atoms with Gasteiger partial charge in [0.05, 0.1) is 23.3 Å². The summed E-state index contributed by atoms with van der Waals surface area (Å²) in [6.45, 7) is 7.10. The Bertz CT molecular complexity index is 846. The quantitative estimate of drug-likeness (QED) is 0.597. The first kappa shape index (κ1) is 17.7. The molecule has 132 valence electrons. The van der Waals surface area contributed by atoms with Crippen LogP contribution >= 0.6 is 15.9 Å². The Balaban J connectivity index is 2.01. The second-order valence-electron chi connectivity index (χ2n) is 6.36. The van der Waals surface area contributed by atoms with Gasteiger partial charge in [0.2, 0.25) is 0 Å². The molecular formula is C19H23BrN4O. The SMILES string of the molecule is CCOc1ccccc1C(CC(C)C)Nc1nccn2ncc(Br)c12. The minimum Gasteiger partial charge on any atom is -0.494 e. The van der Waals surface area contributed by atoms with Crippen molar-refractivity contribution in [1.82, 2.24) is 14.6 Å². The van der Waals surface area contributed by atoms with E-state index in [4.69, 9.17) is 4.74 Å². The fraction of sp³-hybridized carbons (Fsp3) is 0.368. The zero-order valence-corrected chi connectivity index (χ0v) is 16.3. The number of hydrogen-bond acceptors (Lipinski definition) is 4. The molecule has 6 heteroatoms. The number of ether oxygens (including phenoxy) is 1. The third-order valence-electron chi connectivity index (χ3n) is 4.00. The summed E-state index contributed by atoms with van der Waals surface area (Å²) < 4.78 is 8.59. The summed E-state index contributed by atoms with van der Waals surface area (Å²) in [6.07, 6.45) is 6.36. The normalized spacial score (nSPS) is 12.5. The van der Waals surface area contributed by atoms with Gasteiger partial charge in [-0.2, -0.15) is 5.10 Å². The van der Waals surface area contributed by atoms with E-state index in [9.17, 15) is 0 Å². The van der Waals surface area contributed by atoms with Crippen LogP contribution in [0.1, 0.15) is 38.8 Å². The Morgan fingerprint density at radius 2 is 2.08 bits per heavy atom. The van der Waals surface area contributed by atoms with Crippen LogP contribution in [-0.4, -0.2) is 21.2 Å². The average molecular weight is 403 g/mol. The molecule has 25 heavy (non-hydrogen) atoms. The van der Waals surface area contributed by atoms with E-state index >= 15 is 0 Å². The molecule has 3 aromatic rings. The maximum absolute atomic E-state index is 5.85. The van der Waals surface area contributed by atoms with E-state index in [-0.39, 0.29) is 6.04 Å². The van der Waals surface area contributed by atoms with Crippen LogP contribution in [0.15, 0.2) is 47.3 Å². The van der Waals surface area contributed by atoms with E-state index in [0.717, 1.165) is 33.5 Å². The summed E-state index contributed by atoms with van der Waals surface area (Å²) in [6, 6.07) is 8.30. The van der Waals surface area contributed by atoms with E-state index in [0.29, 0.717) is 12.5 Å². The van der Waals surface area contributed by atoms with Crippen LogP contribution in [0.2, 0.25) is 0 Å². The van der Waals surface area contributed by atoms with Crippen molar-refractivity contribution in [2.45, 2.75) is 33.2 Å². The first-order chi connectivity index (χ1) is 12.1. The summed E-state index contributed by atoms with van der Waals surface area (Å²) in [4.78, 5) is 4.55. The number of benzene rings is 1. The van der Waals surface area contributed by atoms with Crippen molar-refractivity contribution in [2.24, 2.45) is 5.92 Å². The lowest BCUT2D eigenvalue weighted by atomic mass is 9.96. The standard InChI is InChI=1S/C19H23BrN4O/c1-4-25-17-8-6-5-7-14(17)16(11-13(2)3)23-19-18-15(20)12-22-24(18)10-9-21-19/h5-10,12-13,16H,4,11H2,1-3H3,(H,21,23). The van der Waals surface area contributed by atoms with Crippen molar-refractivity contribution in [3.63, 3.8) is 0 Å². The van der Waals surface area contributed by atoms with Crippen molar-refractivity contribution in [3.05, 3.63) is 52.9 Å². The summed E-state index contributed by atoms with van der Waals surface area (Å²) in [7, 11) is 0. The van der Waals surface area contributed by atoms with Gasteiger partial charge in [0, 0.05) is 18.0 Å². The molecule has 0 aliphatic carbocycles. The second-order valence-corrected chi connectivity index (χ2v) is 7.21. The summed E-state index contributed by atoms with van der Waals surface area (Å²) in [5.74, 6) is 2.26. The molecule has 5 nitrogen and oxygen atoms in total. The molecule has 1 N–H and O–H groups in total. The van der Waals surface area contributed by atoms with Crippen molar-refractivity contribution < 1.29 is 4.74 Å². The molecule has 0 fully saturated rings. The molecule has 0 aliphatic rings. The number of aromatic nitrogens is 3. The number of nitrogens with one attached hydrogen (secondary N) is 1. The van der Waals surface area contributed by atoms with Gasteiger partial charge in [-0.25, -0.2) is 9.50 Å². The number of nitrogens with zero attached hydrogens (tertiary/aromatic N) is 3. The fourth-order valence-corrected chi connectivity index (χ4v) is 3.43. The monoisotopic (exact) mass is 402 g/mol. The van der Waals surface area contributed by atoms with Crippen LogP contribution in [-0.2, 0) is 0 Å². The molecule has 0 radical (unpaired) electrons. The fourth-order valence-electron chi connectivity index (χ4n) is 2.97. The third kappa shape index (κ3) is 3.95. The zero-order valence-electron chi connectivity index (χ0n) is 14.7. The predicted octanol–water partition coefficient (Wildman–Crippen LogP) is 5.09. The van der Waals surface area contributed by atoms with Crippen molar-refractivity contribution >= 4 is 27.3 Å². The van der Waals surface area contributed by atoms with Crippen molar-refractivity contribution in [2.75, 3.05) is 11.9 Å². The first-order valence-electron chi connectivity index (χ1n) is 8.56. The largest absolute Gasteiger partial charge is 0.494 e. The smallest absolute Gasteiger partial charge is 0.153 e. The van der Waals surface area contributed by atoms with Crippen molar-refractivity contribution in [1.29, 1.82) is 0 Å². The second kappa shape index (κ2) is 7.87. The number of halogens is 1. The molecule has 2 aromatic heterocycles. The van der Waals surface area contributed by atoms with Gasteiger partial charge in [-0.3, -0.25) is 0 Å². The van der Waals surface area contributed by atoms with Crippen molar-refractivity contribution in [3.8, 4) is 5.75 Å². The maximum atomic E-state index is 5.85. The number of rotatable bonds is 7. The lowest BCUT2D eigenvalue weighted by Crippen LogP contribution is -2.16. The number of fused-ring (bicyclic) bond motifs is 1. The molecule has 1 atom stereocenters. The first-order valence-corrected chi connectivity index (χ1v) is 9.35. The van der Waals surface area contributed by atoms with Crippen LogP contribution in [0.3, 0.4) is 0 Å². The Kier molecular flexibility index (Phi) is 5.58. The van der Waals surface area contributed by atoms with E-state index in [2.05, 4.69) is 57.3 Å². The third-order valence-corrected chi connectivity index (χ3v) is 4.58. The predicted molar refractivity (Wildman–Crippen MR) is 104 cm³/mol. The highest BCUT2D eigenvalue weighted by Gasteiger charge is 2.20. The molecule has 0 saturated heterocycles. The number of para-hydroxylation sites is 1. The molecule has 2 heterocycles. The van der Waals surface area contributed by atoms with Gasteiger partial charge in [0.25, 0.3) is 0 Å². The molecular weight excluding hydrogens is 380 g/mol. The van der Waals surface area contributed by atoms with Crippen LogP contribution in [0, 0.1) is 5.92 Å². The highest BCUT2D eigenvalue weighted by molar-refractivity contribution is 9.10. The van der Waals surface area contributed by atoms with E-state index in [1.807, 2.05) is 29.8 Å². The summed E-state index contributed by atoms with van der Waals surface area (Å²) in [5, 5.41) is 7.95. The van der Waals surface area contributed by atoms with Gasteiger partial charge in [0.15, 0.2) is 5.82 Å². The van der Waals surface area contributed by atoms with Gasteiger partial charge in [-0.15, -0.1) is 0 Å². The Labute approximate surface area is 156 Å². The Morgan fingerprint density at radius 3 is 2.84 bits per heavy atom. The molecule has 3 rings (SSSR count). The highest BCUT2D eigenvalue weighted by atomic mass is 79.9. The van der Waals surface area contributed by atoms with Gasteiger partial charge in [0.1, 0.15) is 11.3 Å². The number of hydrogen-bond donors (Lipinski definition) is 1. The minimum atomic E-state index is 0.100. The van der Waals surface area contributed by atoms with E-state index in [1.54, 1.807) is 12.4 Å². The molecule has 0 bridgehead atoms. The Morgan fingerprint density at radius 1 is 1.28 bits per heavy atom. The molecule has 0 aliphatic heterocycles. The molecule has 0 spiro atoms. The minimum absolute atomic E-state index is 0.100. The van der Waals surface area contributed by atoms with Crippen LogP contribution in [0.25, 0.3) is 5.52 Å². The van der Waals surface area contributed by atoms with Gasteiger partial charge >= 0.3 is 0 Å². The number of anilines is 1. The Hall–Kier alpha value is -2.08. The topological polar surface area (TPSA) is 51.5 Å². The maximum Gasteiger partial charge on any atom is 0.153 e. The zero-order chi connectivity index (χ0) is 17.8. The molecule has 0 saturated carbocycles. The van der Waals surface area contributed by atoms with Crippen LogP contribution < -0.4 is 10.1 Å². The lowest BCUT2D eigenvalue weighted by molar-refractivity contribution is 0.333. The van der Waals surface area contributed by atoms with Crippen LogP contribution in [0.4, 0.5) is 5.82 Å². The van der Waals surface area contributed by atoms with Gasteiger partial charge < -0.3 is 10.1 Å². The highest BCUT2D eigenvalue weighted by Crippen LogP contribution is 2.34. The molecule has 0 amide bonds. The van der Waals surface area contributed by atoms with E-state index < -0.39 is 0 Å². The van der Waals surface area contributed by atoms with E-state index in [1.165, 1.54) is 0 Å². The molecule has 1 unspecified atom stereocenters. The van der Waals surface area contributed by atoms with Crippen LogP contribution in [0.5, 0.6) is 5.75 Å². The van der Waals surface area contributed by atoms with Gasteiger partial charge in [-0.05, 0) is 41.3 Å². The lowest BCUT2D eigenvalue weighted by Gasteiger charge is -2.24. The van der Waals surface area contributed by atoms with Gasteiger partial charge in [-0.1, -0.05) is 32.0 Å². The molecule has 1 aromatic carbocycles. The summed E-state index contributed by atoms with van der Waals surface area (Å²) >= 11 is 3.57. The average Bonchev–Trinajstić information content (AvgIpc) is 2.97.